The van der Waals surface area contributed by atoms with Gasteiger partial charge in [0.05, 0.1) is 5.69 Å². The molecule has 0 fully saturated rings. The molecule has 5 nitrogen and oxygen atoms in total. The van der Waals surface area contributed by atoms with Crippen molar-refractivity contribution in [1.82, 2.24) is 9.71 Å². The van der Waals surface area contributed by atoms with Crippen LogP contribution in [-0.4, -0.2) is 19.4 Å². The third-order valence-corrected chi connectivity index (χ3v) is 4.51. The summed E-state index contributed by atoms with van der Waals surface area (Å²) < 4.78 is 26.9. The van der Waals surface area contributed by atoms with Gasteiger partial charge in [-0.1, -0.05) is 26.7 Å². The zero-order valence-electron chi connectivity index (χ0n) is 11.8. The summed E-state index contributed by atoms with van der Waals surface area (Å²) in [5, 5.41) is 0. The number of hydrogen-bond acceptors (Lipinski definition) is 4. The number of anilines is 1. The van der Waals surface area contributed by atoms with Crippen LogP contribution in [0.5, 0.6) is 0 Å². The second-order valence-electron chi connectivity index (χ2n) is 5.26. The Hall–Kier alpha value is -1.14. The first-order chi connectivity index (χ1) is 8.83. The molecule has 1 unspecified atom stereocenters. The minimum absolute atomic E-state index is 0.0470. The van der Waals surface area contributed by atoms with Crippen LogP contribution >= 0.6 is 0 Å². The quantitative estimate of drug-likeness (QED) is 0.804. The number of aromatic nitrogens is 1. The lowest BCUT2D eigenvalue weighted by Gasteiger charge is -2.15. The van der Waals surface area contributed by atoms with Gasteiger partial charge in [0.2, 0.25) is 10.0 Å². The number of pyridine rings is 1. The van der Waals surface area contributed by atoms with Gasteiger partial charge in [0.1, 0.15) is 4.90 Å². The lowest BCUT2D eigenvalue weighted by atomic mass is 10.0. The average Bonchev–Trinajstić information content (AvgIpc) is 2.27. The lowest BCUT2D eigenvalue weighted by molar-refractivity contribution is 0.488. The van der Waals surface area contributed by atoms with Crippen LogP contribution in [0, 0.1) is 5.92 Å². The molecule has 1 rings (SSSR count). The molecular weight excluding hydrogens is 262 g/mol. The molecular formula is C13H23N3O2S. The van der Waals surface area contributed by atoms with Crippen molar-refractivity contribution in [2.45, 2.75) is 51.0 Å². The molecule has 0 radical (unpaired) electrons. The highest BCUT2D eigenvalue weighted by Crippen LogP contribution is 2.17. The molecule has 1 atom stereocenters. The Kier molecular flexibility index (Phi) is 5.75. The Bertz CT molecular complexity index is 500. The van der Waals surface area contributed by atoms with Gasteiger partial charge in [-0.2, -0.15) is 0 Å². The zero-order valence-corrected chi connectivity index (χ0v) is 12.6. The second kappa shape index (κ2) is 6.86. The predicted molar refractivity (Wildman–Crippen MR) is 77.1 cm³/mol. The first-order valence-electron chi connectivity index (χ1n) is 6.54. The summed E-state index contributed by atoms with van der Waals surface area (Å²) in [5.74, 6) is 0.637. The van der Waals surface area contributed by atoms with Crippen molar-refractivity contribution in [2.24, 2.45) is 5.92 Å². The summed E-state index contributed by atoms with van der Waals surface area (Å²) in [6.07, 6.45) is 5.67. The van der Waals surface area contributed by atoms with Crippen LogP contribution in [0.25, 0.3) is 0 Å². The maximum atomic E-state index is 12.1. The fraction of sp³-hybridized carbons (Fsp3) is 0.615. The number of nitrogens with one attached hydrogen (secondary N) is 1. The molecule has 108 valence electrons. The van der Waals surface area contributed by atoms with Crippen molar-refractivity contribution in [3.63, 3.8) is 0 Å². The highest BCUT2D eigenvalue weighted by atomic mass is 32.2. The van der Waals surface area contributed by atoms with E-state index in [0.29, 0.717) is 5.92 Å². The van der Waals surface area contributed by atoms with Crippen molar-refractivity contribution >= 4 is 15.7 Å². The Morgan fingerprint density at radius 3 is 2.58 bits per heavy atom. The summed E-state index contributed by atoms with van der Waals surface area (Å²) in [6, 6.07) is 1.38. The lowest BCUT2D eigenvalue weighted by Crippen LogP contribution is -2.33. The molecule has 0 aliphatic heterocycles. The van der Waals surface area contributed by atoms with Crippen molar-refractivity contribution in [3.05, 3.63) is 18.5 Å². The van der Waals surface area contributed by atoms with Crippen LogP contribution in [-0.2, 0) is 10.0 Å². The van der Waals surface area contributed by atoms with Gasteiger partial charge in [0.25, 0.3) is 0 Å². The zero-order chi connectivity index (χ0) is 14.5. The number of nitrogen functional groups attached to an aromatic ring is 1. The Morgan fingerprint density at radius 1 is 1.32 bits per heavy atom. The van der Waals surface area contributed by atoms with E-state index in [1.54, 1.807) is 0 Å². The van der Waals surface area contributed by atoms with Crippen LogP contribution in [0.1, 0.15) is 40.0 Å². The Morgan fingerprint density at radius 2 is 2.00 bits per heavy atom. The summed E-state index contributed by atoms with van der Waals surface area (Å²) >= 11 is 0. The fourth-order valence-electron chi connectivity index (χ4n) is 1.83. The smallest absolute Gasteiger partial charge is 0.244 e. The molecule has 19 heavy (non-hydrogen) atoms. The summed E-state index contributed by atoms with van der Waals surface area (Å²) in [7, 11) is -3.58. The average molecular weight is 285 g/mol. The van der Waals surface area contributed by atoms with E-state index in [-0.39, 0.29) is 16.6 Å². The molecule has 0 aliphatic carbocycles. The highest BCUT2D eigenvalue weighted by Gasteiger charge is 2.19. The summed E-state index contributed by atoms with van der Waals surface area (Å²) in [6.45, 7) is 6.18. The van der Waals surface area contributed by atoms with Gasteiger partial charge in [-0.05, 0) is 25.3 Å². The topological polar surface area (TPSA) is 85.1 Å². The third-order valence-electron chi connectivity index (χ3n) is 2.88. The number of sulfonamides is 1. The number of rotatable bonds is 7. The molecule has 0 aliphatic rings. The van der Waals surface area contributed by atoms with Crippen LogP contribution < -0.4 is 10.5 Å². The van der Waals surface area contributed by atoms with E-state index < -0.39 is 10.0 Å². The van der Waals surface area contributed by atoms with Gasteiger partial charge in [0, 0.05) is 18.4 Å². The van der Waals surface area contributed by atoms with Crippen LogP contribution in [0.2, 0.25) is 0 Å². The minimum atomic E-state index is -3.58. The molecule has 0 bridgehead atoms. The first kappa shape index (κ1) is 15.9. The van der Waals surface area contributed by atoms with E-state index in [9.17, 15) is 8.42 Å². The second-order valence-corrected chi connectivity index (χ2v) is 6.94. The molecule has 0 spiro atoms. The van der Waals surface area contributed by atoms with E-state index in [1.165, 1.54) is 18.5 Å². The first-order valence-corrected chi connectivity index (χ1v) is 8.03. The maximum Gasteiger partial charge on any atom is 0.244 e. The van der Waals surface area contributed by atoms with E-state index >= 15 is 0 Å². The summed E-state index contributed by atoms with van der Waals surface area (Å²) in [4.78, 5) is 3.85. The van der Waals surface area contributed by atoms with Crippen LogP contribution in [0.3, 0.4) is 0 Å². The SMILES string of the molecule is CC(C)CCCC(C)NS(=O)(=O)c1cnccc1N. The van der Waals surface area contributed by atoms with Gasteiger partial charge >= 0.3 is 0 Å². The van der Waals surface area contributed by atoms with Crippen molar-refractivity contribution in [2.75, 3.05) is 5.73 Å². The van der Waals surface area contributed by atoms with Gasteiger partial charge in [0.15, 0.2) is 0 Å². The minimum Gasteiger partial charge on any atom is -0.398 e. The Labute approximate surface area is 115 Å². The van der Waals surface area contributed by atoms with E-state index in [2.05, 4.69) is 23.6 Å². The fourth-order valence-corrected chi connectivity index (χ4v) is 3.19. The van der Waals surface area contributed by atoms with E-state index in [4.69, 9.17) is 5.73 Å². The van der Waals surface area contributed by atoms with Gasteiger partial charge in [-0.25, -0.2) is 13.1 Å². The van der Waals surface area contributed by atoms with Crippen LogP contribution in [0.15, 0.2) is 23.4 Å². The van der Waals surface area contributed by atoms with Crippen molar-refractivity contribution < 1.29 is 8.42 Å². The molecule has 1 heterocycles. The molecule has 0 aromatic carbocycles. The third kappa shape index (κ3) is 5.16. The molecule has 0 saturated heterocycles. The normalized spacial score (nSPS) is 13.7. The van der Waals surface area contributed by atoms with Gasteiger partial charge in [-0.15, -0.1) is 0 Å². The highest BCUT2D eigenvalue weighted by molar-refractivity contribution is 7.89. The monoisotopic (exact) mass is 285 g/mol. The number of nitrogens with two attached hydrogens (primary N) is 1. The number of nitrogens with zero attached hydrogens (tertiary/aromatic N) is 1. The Balaban J connectivity index is 2.63. The van der Waals surface area contributed by atoms with Gasteiger partial charge < -0.3 is 5.73 Å². The maximum absolute atomic E-state index is 12.1. The van der Waals surface area contributed by atoms with Gasteiger partial charge in [-0.3, -0.25) is 4.98 Å². The largest absolute Gasteiger partial charge is 0.398 e. The molecule has 0 amide bonds. The van der Waals surface area contributed by atoms with E-state index in [0.717, 1.165) is 19.3 Å². The predicted octanol–water partition coefficient (Wildman–Crippen LogP) is 2.16. The summed E-state index contributed by atoms with van der Waals surface area (Å²) in [5.41, 5.74) is 5.88. The molecule has 0 saturated carbocycles. The number of hydrogen-bond donors (Lipinski definition) is 2. The van der Waals surface area contributed by atoms with E-state index in [1.807, 2.05) is 6.92 Å². The molecule has 1 aromatic rings. The van der Waals surface area contributed by atoms with Crippen molar-refractivity contribution in [3.8, 4) is 0 Å². The van der Waals surface area contributed by atoms with Crippen LogP contribution in [0.4, 0.5) is 5.69 Å². The standard InChI is InChI=1S/C13H23N3O2S/c1-10(2)5-4-6-11(3)16-19(17,18)13-9-15-8-7-12(13)14/h7-11,16H,4-6H2,1-3H3,(H2,14,15). The molecule has 1 aromatic heterocycles. The molecule has 3 N–H and O–H groups in total. The van der Waals surface area contributed by atoms with Crippen molar-refractivity contribution in [1.29, 1.82) is 0 Å². The molecule has 6 heteroatoms.